The average molecular weight is 249 g/mol. The normalized spacial score (nSPS) is 12.1. The van der Waals surface area contributed by atoms with Crippen LogP contribution in [0.5, 0.6) is 0 Å². The van der Waals surface area contributed by atoms with E-state index in [1.165, 1.54) is 0 Å². The molecule has 100 valence electrons. The van der Waals surface area contributed by atoms with Gasteiger partial charge in [0.25, 0.3) is 0 Å². The van der Waals surface area contributed by atoms with Gasteiger partial charge in [-0.1, -0.05) is 12.1 Å². The van der Waals surface area contributed by atoms with E-state index in [4.69, 9.17) is 5.73 Å². The molecule has 4 nitrogen and oxygen atoms in total. The van der Waals surface area contributed by atoms with Gasteiger partial charge in [0.05, 0.1) is 6.04 Å². The second kappa shape index (κ2) is 6.40. The van der Waals surface area contributed by atoms with Crippen LogP contribution in [-0.4, -0.2) is 37.5 Å². The summed E-state index contributed by atoms with van der Waals surface area (Å²) in [7, 11) is 4.01. The lowest BCUT2D eigenvalue weighted by Crippen LogP contribution is -2.41. The van der Waals surface area contributed by atoms with E-state index >= 15 is 0 Å². The number of nitrogens with two attached hydrogens (primary N) is 1. The second-order valence-corrected chi connectivity index (χ2v) is 4.70. The van der Waals surface area contributed by atoms with Crippen molar-refractivity contribution in [3.63, 3.8) is 0 Å². The third kappa shape index (κ3) is 3.74. The number of anilines is 1. The first-order valence-corrected chi connectivity index (χ1v) is 6.26. The van der Waals surface area contributed by atoms with E-state index < -0.39 is 6.04 Å². The second-order valence-electron chi connectivity index (χ2n) is 4.70. The highest BCUT2D eigenvalue weighted by Crippen LogP contribution is 2.14. The van der Waals surface area contributed by atoms with Crippen LogP contribution in [0.3, 0.4) is 0 Å². The van der Waals surface area contributed by atoms with E-state index in [-0.39, 0.29) is 5.91 Å². The number of rotatable bonds is 5. The van der Waals surface area contributed by atoms with Crippen molar-refractivity contribution in [2.24, 2.45) is 5.73 Å². The largest absolute Gasteiger partial charge is 0.378 e. The van der Waals surface area contributed by atoms with Crippen molar-refractivity contribution in [2.75, 3.05) is 25.5 Å². The van der Waals surface area contributed by atoms with Crippen molar-refractivity contribution in [3.05, 3.63) is 29.8 Å². The SMILES string of the molecule is CCN(Cc1ccc(N(C)C)cc1)C(=O)[C@H](C)N. The van der Waals surface area contributed by atoms with Crippen LogP contribution in [0.1, 0.15) is 19.4 Å². The number of carbonyl (C=O) groups excluding carboxylic acids is 1. The third-order valence-corrected chi connectivity index (χ3v) is 2.91. The van der Waals surface area contributed by atoms with Crippen LogP contribution in [0.4, 0.5) is 5.69 Å². The van der Waals surface area contributed by atoms with Crippen molar-refractivity contribution in [2.45, 2.75) is 26.4 Å². The van der Waals surface area contributed by atoms with Crippen LogP contribution in [0.15, 0.2) is 24.3 Å². The maximum atomic E-state index is 11.8. The highest BCUT2D eigenvalue weighted by atomic mass is 16.2. The fourth-order valence-corrected chi connectivity index (χ4v) is 1.75. The van der Waals surface area contributed by atoms with Crippen LogP contribution in [0.25, 0.3) is 0 Å². The lowest BCUT2D eigenvalue weighted by Gasteiger charge is -2.23. The van der Waals surface area contributed by atoms with E-state index in [9.17, 15) is 4.79 Å². The maximum Gasteiger partial charge on any atom is 0.239 e. The molecule has 0 spiro atoms. The van der Waals surface area contributed by atoms with Gasteiger partial charge in [0.1, 0.15) is 0 Å². The summed E-state index contributed by atoms with van der Waals surface area (Å²) in [4.78, 5) is 15.7. The monoisotopic (exact) mass is 249 g/mol. The summed E-state index contributed by atoms with van der Waals surface area (Å²) in [5.41, 5.74) is 7.91. The van der Waals surface area contributed by atoms with Crippen LogP contribution in [0, 0.1) is 0 Å². The zero-order chi connectivity index (χ0) is 13.7. The molecular formula is C14H23N3O. The molecule has 0 bridgehead atoms. The lowest BCUT2D eigenvalue weighted by atomic mass is 10.1. The van der Waals surface area contributed by atoms with Gasteiger partial charge >= 0.3 is 0 Å². The van der Waals surface area contributed by atoms with Crippen molar-refractivity contribution in [1.82, 2.24) is 4.90 Å². The summed E-state index contributed by atoms with van der Waals surface area (Å²) >= 11 is 0. The predicted octanol–water partition coefficient (Wildman–Crippen LogP) is 1.45. The fraction of sp³-hybridized carbons (Fsp3) is 0.500. The first-order valence-electron chi connectivity index (χ1n) is 6.26. The Labute approximate surface area is 109 Å². The topological polar surface area (TPSA) is 49.6 Å². The Kier molecular flexibility index (Phi) is 5.16. The lowest BCUT2D eigenvalue weighted by molar-refractivity contribution is -0.132. The van der Waals surface area contributed by atoms with E-state index in [0.717, 1.165) is 11.3 Å². The number of nitrogens with zero attached hydrogens (tertiary/aromatic N) is 2. The molecule has 2 N–H and O–H groups in total. The van der Waals surface area contributed by atoms with Crippen molar-refractivity contribution >= 4 is 11.6 Å². The van der Waals surface area contributed by atoms with E-state index in [2.05, 4.69) is 17.0 Å². The van der Waals surface area contributed by atoms with Crippen molar-refractivity contribution in [1.29, 1.82) is 0 Å². The molecule has 0 heterocycles. The third-order valence-electron chi connectivity index (χ3n) is 2.91. The van der Waals surface area contributed by atoms with Gasteiger partial charge in [0.2, 0.25) is 5.91 Å². The van der Waals surface area contributed by atoms with Crippen molar-refractivity contribution in [3.8, 4) is 0 Å². The van der Waals surface area contributed by atoms with Crippen LogP contribution in [-0.2, 0) is 11.3 Å². The number of likely N-dealkylation sites (N-methyl/N-ethyl adjacent to an activating group) is 1. The molecule has 1 atom stereocenters. The molecule has 0 fully saturated rings. The summed E-state index contributed by atoms with van der Waals surface area (Å²) in [5.74, 6) is -0.00538. The molecule has 0 radical (unpaired) electrons. The molecule has 0 aliphatic rings. The van der Waals surface area contributed by atoms with Crippen LogP contribution < -0.4 is 10.6 Å². The summed E-state index contributed by atoms with van der Waals surface area (Å²) < 4.78 is 0. The smallest absolute Gasteiger partial charge is 0.239 e. The zero-order valence-corrected chi connectivity index (χ0v) is 11.7. The van der Waals surface area contributed by atoms with Crippen molar-refractivity contribution < 1.29 is 4.79 Å². The molecule has 1 aromatic rings. The predicted molar refractivity (Wildman–Crippen MR) is 75.5 cm³/mol. The molecule has 4 heteroatoms. The van der Waals surface area contributed by atoms with Crippen LogP contribution in [0.2, 0.25) is 0 Å². The number of amides is 1. The van der Waals surface area contributed by atoms with E-state index in [0.29, 0.717) is 13.1 Å². The Bertz CT molecular complexity index is 385. The molecule has 1 amide bonds. The molecule has 0 unspecified atom stereocenters. The zero-order valence-electron chi connectivity index (χ0n) is 11.7. The highest BCUT2D eigenvalue weighted by Gasteiger charge is 2.15. The highest BCUT2D eigenvalue weighted by molar-refractivity contribution is 5.81. The summed E-state index contributed by atoms with van der Waals surface area (Å²) in [6.45, 7) is 4.98. The summed E-state index contributed by atoms with van der Waals surface area (Å²) in [5, 5.41) is 0. The summed E-state index contributed by atoms with van der Waals surface area (Å²) in [6, 6.07) is 7.77. The maximum absolute atomic E-state index is 11.8. The molecule has 1 aromatic carbocycles. The minimum Gasteiger partial charge on any atom is -0.378 e. The Morgan fingerprint density at radius 2 is 1.83 bits per heavy atom. The Morgan fingerprint density at radius 3 is 2.22 bits per heavy atom. The molecule has 0 aromatic heterocycles. The number of hydrogen-bond acceptors (Lipinski definition) is 3. The summed E-state index contributed by atoms with van der Waals surface area (Å²) in [6.07, 6.45) is 0. The molecule has 0 aliphatic carbocycles. The number of carbonyl (C=O) groups is 1. The first kappa shape index (κ1) is 14.5. The molecule has 1 rings (SSSR count). The van der Waals surface area contributed by atoms with Gasteiger partial charge in [0.15, 0.2) is 0 Å². The van der Waals surface area contributed by atoms with Gasteiger partial charge in [-0.15, -0.1) is 0 Å². The molecular weight excluding hydrogens is 226 g/mol. The Hall–Kier alpha value is -1.55. The minimum absolute atomic E-state index is 0.00538. The van der Waals surface area contributed by atoms with Gasteiger partial charge in [-0.25, -0.2) is 0 Å². The van der Waals surface area contributed by atoms with Gasteiger partial charge in [-0.3, -0.25) is 4.79 Å². The van der Waals surface area contributed by atoms with Crippen LogP contribution >= 0.6 is 0 Å². The molecule has 0 aliphatic heterocycles. The standard InChI is InChI=1S/C14H23N3O/c1-5-17(14(18)11(2)15)10-12-6-8-13(9-7-12)16(3)4/h6-9,11H,5,10,15H2,1-4H3/t11-/m0/s1. The number of hydrogen-bond donors (Lipinski definition) is 1. The van der Waals surface area contributed by atoms with Gasteiger partial charge in [-0.05, 0) is 31.5 Å². The van der Waals surface area contributed by atoms with Gasteiger partial charge < -0.3 is 15.5 Å². The molecule has 0 saturated heterocycles. The molecule has 0 saturated carbocycles. The molecule has 18 heavy (non-hydrogen) atoms. The Morgan fingerprint density at radius 1 is 1.28 bits per heavy atom. The van der Waals surface area contributed by atoms with E-state index in [1.807, 2.05) is 33.2 Å². The quantitative estimate of drug-likeness (QED) is 0.859. The van der Waals surface area contributed by atoms with Gasteiger partial charge in [-0.2, -0.15) is 0 Å². The number of benzene rings is 1. The average Bonchev–Trinajstić information content (AvgIpc) is 2.35. The fourth-order valence-electron chi connectivity index (χ4n) is 1.75. The minimum atomic E-state index is -0.439. The first-order chi connectivity index (χ1) is 8.45. The Balaban J connectivity index is 2.73. The van der Waals surface area contributed by atoms with Gasteiger partial charge in [0, 0.05) is 32.9 Å². The van der Waals surface area contributed by atoms with E-state index in [1.54, 1.807) is 11.8 Å².